The van der Waals surface area contributed by atoms with E-state index in [4.69, 9.17) is 4.42 Å². The van der Waals surface area contributed by atoms with E-state index >= 15 is 0 Å². The normalized spacial score (nSPS) is 11.2. The lowest BCUT2D eigenvalue weighted by Gasteiger charge is -2.02. The standard InChI is InChI=1S/C22H21N3O2S2/c1-12-7-5-6-8-16(12)11-28-22-25-24-21(29-22)23-20(26)19-15(4)17-9-13(2)14(3)10-18(17)27-19/h5-10H,11H2,1-4H3,(H,23,24,26). The Labute approximate surface area is 177 Å². The summed E-state index contributed by atoms with van der Waals surface area (Å²) in [5.41, 5.74) is 6.39. The van der Waals surface area contributed by atoms with E-state index in [2.05, 4.69) is 47.6 Å². The molecule has 4 aromatic rings. The van der Waals surface area contributed by atoms with Crippen molar-refractivity contribution < 1.29 is 9.21 Å². The molecule has 2 aromatic carbocycles. The number of aryl methyl sites for hydroxylation is 4. The fraction of sp³-hybridized carbons (Fsp3) is 0.227. The zero-order valence-electron chi connectivity index (χ0n) is 16.7. The minimum absolute atomic E-state index is 0.305. The van der Waals surface area contributed by atoms with Crippen LogP contribution in [0, 0.1) is 27.7 Å². The van der Waals surface area contributed by atoms with Crippen molar-refractivity contribution in [3.8, 4) is 0 Å². The lowest BCUT2D eigenvalue weighted by atomic mass is 10.1. The van der Waals surface area contributed by atoms with Crippen molar-refractivity contribution in [3.63, 3.8) is 0 Å². The summed E-state index contributed by atoms with van der Waals surface area (Å²) in [5.74, 6) is 0.825. The van der Waals surface area contributed by atoms with Crippen molar-refractivity contribution >= 4 is 45.1 Å². The lowest BCUT2D eigenvalue weighted by Crippen LogP contribution is -2.11. The van der Waals surface area contributed by atoms with Crippen LogP contribution in [-0.2, 0) is 5.75 Å². The van der Waals surface area contributed by atoms with Gasteiger partial charge in [0.05, 0.1) is 0 Å². The van der Waals surface area contributed by atoms with Crippen molar-refractivity contribution in [2.24, 2.45) is 0 Å². The van der Waals surface area contributed by atoms with Crippen LogP contribution in [0.15, 0.2) is 45.2 Å². The summed E-state index contributed by atoms with van der Waals surface area (Å²) in [5, 5.41) is 12.5. The van der Waals surface area contributed by atoms with E-state index in [0.29, 0.717) is 10.9 Å². The first-order chi connectivity index (χ1) is 13.9. The maximum Gasteiger partial charge on any atom is 0.293 e. The molecule has 0 aliphatic carbocycles. The molecule has 0 atom stereocenters. The average Bonchev–Trinajstić information content (AvgIpc) is 3.26. The highest BCUT2D eigenvalue weighted by Crippen LogP contribution is 2.31. The second-order valence-electron chi connectivity index (χ2n) is 7.03. The number of carbonyl (C=O) groups is 1. The maximum absolute atomic E-state index is 12.7. The summed E-state index contributed by atoms with van der Waals surface area (Å²) >= 11 is 2.98. The van der Waals surface area contributed by atoms with Crippen LogP contribution in [0.3, 0.4) is 0 Å². The van der Waals surface area contributed by atoms with Crippen LogP contribution in [0.1, 0.15) is 38.4 Å². The Bertz CT molecular complexity index is 1210. The van der Waals surface area contributed by atoms with Crippen LogP contribution < -0.4 is 5.32 Å². The molecule has 29 heavy (non-hydrogen) atoms. The highest BCUT2D eigenvalue weighted by molar-refractivity contribution is 8.00. The molecule has 1 N–H and O–H groups in total. The van der Waals surface area contributed by atoms with E-state index < -0.39 is 0 Å². The average molecular weight is 424 g/mol. The van der Waals surface area contributed by atoms with Crippen molar-refractivity contribution in [2.45, 2.75) is 37.8 Å². The monoisotopic (exact) mass is 423 g/mol. The van der Waals surface area contributed by atoms with Crippen LogP contribution in [-0.4, -0.2) is 16.1 Å². The zero-order valence-corrected chi connectivity index (χ0v) is 18.3. The molecule has 5 nitrogen and oxygen atoms in total. The molecule has 0 unspecified atom stereocenters. The SMILES string of the molecule is Cc1cc2oc(C(=O)Nc3nnc(SCc4ccccc4C)s3)c(C)c2cc1C. The van der Waals surface area contributed by atoms with Crippen LogP contribution in [0.25, 0.3) is 11.0 Å². The Morgan fingerprint density at radius 2 is 1.83 bits per heavy atom. The third-order valence-electron chi connectivity index (χ3n) is 5.00. The molecule has 0 aliphatic rings. The number of rotatable bonds is 5. The maximum atomic E-state index is 12.7. The Morgan fingerprint density at radius 1 is 1.07 bits per heavy atom. The van der Waals surface area contributed by atoms with Gasteiger partial charge in [-0.25, -0.2) is 0 Å². The lowest BCUT2D eigenvalue weighted by molar-refractivity contribution is 0.0998. The number of fused-ring (bicyclic) bond motifs is 1. The second kappa shape index (κ2) is 8.00. The zero-order chi connectivity index (χ0) is 20.5. The largest absolute Gasteiger partial charge is 0.451 e. The summed E-state index contributed by atoms with van der Waals surface area (Å²) in [6.45, 7) is 8.08. The van der Waals surface area contributed by atoms with E-state index in [-0.39, 0.29) is 5.91 Å². The molecule has 1 amide bonds. The Balaban J connectivity index is 1.47. The van der Waals surface area contributed by atoms with Gasteiger partial charge in [-0.3, -0.25) is 10.1 Å². The van der Waals surface area contributed by atoms with Crippen LogP contribution in [0.2, 0.25) is 0 Å². The molecule has 148 valence electrons. The van der Waals surface area contributed by atoms with Gasteiger partial charge in [0.15, 0.2) is 10.1 Å². The molecule has 0 spiro atoms. The number of thioether (sulfide) groups is 1. The van der Waals surface area contributed by atoms with Crippen molar-refractivity contribution in [2.75, 3.05) is 5.32 Å². The summed E-state index contributed by atoms with van der Waals surface area (Å²) in [7, 11) is 0. The molecule has 2 aromatic heterocycles. The van der Waals surface area contributed by atoms with E-state index in [1.54, 1.807) is 11.8 Å². The van der Waals surface area contributed by atoms with Gasteiger partial charge in [0.25, 0.3) is 5.91 Å². The first-order valence-corrected chi connectivity index (χ1v) is 11.0. The topological polar surface area (TPSA) is 68.0 Å². The first-order valence-electron chi connectivity index (χ1n) is 9.25. The van der Waals surface area contributed by atoms with E-state index in [0.717, 1.165) is 32.2 Å². The summed E-state index contributed by atoms with van der Waals surface area (Å²) < 4.78 is 6.65. The molecule has 4 rings (SSSR count). The third kappa shape index (κ3) is 4.06. The highest BCUT2D eigenvalue weighted by Gasteiger charge is 2.20. The number of nitrogens with one attached hydrogen (secondary N) is 1. The Kier molecular flexibility index (Phi) is 5.43. The van der Waals surface area contributed by atoms with Gasteiger partial charge in [0.1, 0.15) is 5.58 Å². The van der Waals surface area contributed by atoms with Gasteiger partial charge in [-0.15, -0.1) is 10.2 Å². The van der Waals surface area contributed by atoms with E-state index in [1.165, 1.54) is 28.0 Å². The fourth-order valence-electron chi connectivity index (χ4n) is 3.08. The van der Waals surface area contributed by atoms with Gasteiger partial charge >= 0.3 is 0 Å². The predicted octanol–water partition coefficient (Wildman–Crippen LogP) is 6.06. The Hall–Kier alpha value is -2.64. The number of nitrogens with zero attached hydrogens (tertiary/aromatic N) is 2. The minimum atomic E-state index is -0.305. The van der Waals surface area contributed by atoms with Crippen LogP contribution in [0.5, 0.6) is 0 Å². The Morgan fingerprint density at radius 3 is 2.62 bits per heavy atom. The molecule has 0 fully saturated rings. The molecule has 0 radical (unpaired) electrons. The summed E-state index contributed by atoms with van der Waals surface area (Å²) in [6, 6.07) is 12.3. The first kappa shape index (κ1) is 19.7. The van der Waals surface area contributed by atoms with Crippen molar-refractivity contribution in [1.29, 1.82) is 0 Å². The molecule has 2 heterocycles. The minimum Gasteiger partial charge on any atom is -0.451 e. The van der Waals surface area contributed by atoms with Gasteiger partial charge in [-0.2, -0.15) is 0 Å². The molecule has 7 heteroatoms. The molecule has 0 bridgehead atoms. The quantitative estimate of drug-likeness (QED) is 0.312. The number of aromatic nitrogens is 2. The number of benzene rings is 2. The van der Waals surface area contributed by atoms with E-state index in [9.17, 15) is 4.79 Å². The van der Waals surface area contributed by atoms with Crippen molar-refractivity contribution in [3.05, 3.63) is 70.0 Å². The van der Waals surface area contributed by atoms with Gasteiger partial charge < -0.3 is 4.42 Å². The summed E-state index contributed by atoms with van der Waals surface area (Å²) in [4.78, 5) is 12.7. The van der Waals surface area contributed by atoms with Gasteiger partial charge in [0.2, 0.25) is 5.13 Å². The summed E-state index contributed by atoms with van der Waals surface area (Å²) in [6.07, 6.45) is 0. The molecule has 0 saturated carbocycles. The second-order valence-corrected chi connectivity index (χ2v) is 9.23. The van der Waals surface area contributed by atoms with Crippen molar-refractivity contribution in [1.82, 2.24) is 10.2 Å². The smallest absolute Gasteiger partial charge is 0.293 e. The fourth-order valence-corrected chi connectivity index (χ4v) is 4.90. The third-order valence-corrected chi connectivity index (χ3v) is 7.02. The number of furan rings is 1. The van der Waals surface area contributed by atoms with Gasteiger partial charge in [-0.1, -0.05) is 47.4 Å². The molecule has 0 aliphatic heterocycles. The number of carbonyl (C=O) groups excluding carboxylic acids is 1. The molecule has 0 saturated heterocycles. The molecular formula is C22H21N3O2S2. The number of hydrogen-bond donors (Lipinski definition) is 1. The van der Waals surface area contributed by atoms with E-state index in [1.807, 2.05) is 32.0 Å². The number of hydrogen-bond acceptors (Lipinski definition) is 6. The van der Waals surface area contributed by atoms with Crippen LogP contribution in [0.4, 0.5) is 5.13 Å². The molecular weight excluding hydrogens is 402 g/mol. The van der Waals surface area contributed by atoms with Gasteiger partial charge in [0, 0.05) is 16.7 Å². The number of anilines is 1. The number of amides is 1. The highest BCUT2D eigenvalue weighted by atomic mass is 32.2. The van der Waals surface area contributed by atoms with Gasteiger partial charge in [-0.05, 0) is 62.1 Å². The van der Waals surface area contributed by atoms with Crippen LogP contribution >= 0.6 is 23.1 Å². The predicted molar refractivity (Wildman–Crippen MR) is 119 cm³/mol.